The number of hydrogen-bond acceptors (Lipinski definition) is 7. The molecule has 0 saturated heterocycles. The van der Waals surface area contributed by atoms with Crippen LogP contribution in [0.5, 0.6) is 5.75 Å². The molecule has 0 fully saturated rings. The Bertz CT molecular complexity index is 1040. The Morgan fingerprint density at radius 2 is 2.00 bits per heavy atom. The molecule has 0 aliphatic heterocycles. The molecule has 2 aromatic heterocycles. The van der Waals surface area contributed by atoms with Crippen molar-refractivity contribution in [2.45, 2.75) is 33.1 Å². The second-order valence-electron chi connectivity index (χ2n) is 6.95. The van der Waals surface area contributed by atoms with E-state index in [1.165, 1.54) is 21.9 Å². The zero-order valence-electron chi connectivity index (χ0n) is 17.6. The average molecular weight is 430 g/mol. The molecule has 3 rings (SSSR count). The summed E-state index contributed by atoms with van der Waals surface area (Å²) in [6.07, 6.45) is 2.42. The highest BCUT2D eigenvalue weighted by atomic mass is 32.1. The monoisotopic (exact) mass is 429 g/mol. The first-order chi connectivity index (χ1) is 14.5. The Balaban J connectivity index is 1.53. The molecule has 30 heavy (non-hydrogen) atoms. The number of carbonyl (C=O) groups excluding carboxylic acids is 1. The summed E-state index contributed by atoms with van der Waals surface area (Å²) in [5, 5.41) is 7.81. The van der Waals surface area contributed by atoms with E-state index >= 15 is 0 Å². The van der Waals surface area contributed by atoms with Crippen LogP contribution in [0.2, 0.25) is 0 Å². The summed E-state index contributed by atoms with van der Waals surface area (Å²) in [5.74, 6) is 0.743. The number of nitrogens with zero attached hydrogens (tertiary/aromatic N) is 4. The SMILES string of the molecule is CCCc1cc(=O)n2nc(N(C)CC(=O)NCCc3ccc(OCC)cc3)sc2n1. The maximum absolute atomic E-state index is 12.3. The second kappa shape index (κ2) is 10.2. The first kappa shape index (κ1) is 21.8. The quantitative estimate of drug-likeness (QED) is 0.532. The van der Waals surface area contributed by atoms with Crippen LogP contribution in [0.3, 0.4) is 0 Å². The Morgan fingerprint density at radius 3 is 2.70 bits per heavy atom. The van der Waals surface area contributed by atoms with Crippen molar-refractivity contribution in [2.24, 2.45) is 0 Å². The molecule has 2 heterocycles. The van der Waals surface area contributed by atoms with Gasteiger partial charge in [-0.05, 0) is 37.5 Å². The van der Waals surface area contributed by atoms with E-state index in [9.17, 15) is 9.59 Å². The number of aryl methyl sites for hydroxylation is 1. The van der Waals surface area contributed by atoms with E-state index in [1.54, 1.807) is 11.9 Å². The molecule has 0 bridgehead atoms. The molecule has 0 atom stereocenters. The fourth-order valence-corrected chi connectivity index (χ4v) is 3.88. The maximum Gasteiger partial charge on any atom is 0.275 e. The molecular weight excluding hydrogens is 402 g/mol. The molecule has 0 unspecified atom stereocenters. The number of hydrogen-bond donors (Lipinski definition) is 1. The molecule has 1 aromatic carbocycles. The van der Waals surface area contributed by atoms with Crippen molar-refractivity contribution in [1.82, 2.24) is 19.9 Å². The Hall–Kier alpha value is -2.94. The third-order valence-electron chi connectivity index (χ3n) is 4.47. The van der Waals surface area contributed by atoms with Crippen LogP contribution in [-0.4, -0.2) is 47.2 Å². The minimum atomic E-state index is -0.195. The van der Waals surface area contributed by atoms with Crippen LogP contribution < -0.4 is 20.5 Å². The van der Waals surface area contributed by atoms with Crippen LogP contribution >= 0.6 is 11.3 Å². The molecule has 0 aliphatic carbocycles. The van der Waals surface area contributed by atoms with Gasteiger partial charge in [-0.3, -0.25) is 9.59 Å². The topological polar surface area (TPSA) is 88.8 Å². The number of carbonyl (C=O) groups is 1. The maximum atomic E-state index is 12.3. The Labute approximate surface area is 179 Å². The van der Waals surface area contributed by atoms with Crippen LogP contribution in [0, 0.1) is 0 Å². The van der Waals surface area contributed by atoms with Gasteiger partial charge in [0.05, 0.1) is 13.2 Å². The van der Waals surface area contributed by atoms with E-state index in [4.69, 9.17) is 4.74 Å². The van der Waals surface area contributed by atoms with Crippen LogP contribution in [0.25, 0.3) is 4.96 Å². The number of anilines is 1. The molecule has 9 heteroatoms. The molecule has 3 aromatic rings. The smallest absolute Gasteiger partial charge is 0.275 e. The zero-order valence-corrected chi connectivity index (χ0v) is 18.4. The lowest BCUT2D eigenvalue weighted by atomic mass is 10.1. The summed E-state index contributed by atoms with van der Waals surface area (Å²) < 4.78 is 6.72. The lowest BCUT2D eigenvalue weighted by Gasteiger charge is -2.14. The summed E-state index contributed by atoms with van der Waals surface area (Å²) >= 11 is 1.30. The highest BCUT2D eigenvalue weighted by Crippen LogP contribution is 2.20. The number of benzene rings is 1. The molecule has 0 spiro atoms. The molecular formula is C21H27N5O3S. The van der Waals surface area contributed by atoms with E-state index < -0.39 is 0 Å². The number of rotatable bonds is 10. The number of aromatic nitrogens is 3. The molecule has 0 aliphatic rings. The predicted octanol–water partition coefficient (Wildman–Crippen LogP) is 2.30. The van der Waals surface area contributed by atoms with Gasteiger partial charge in [0.2, 0.25) is 16.0 Å². The molecule has 1 N–H and O–H groups in total. The van der Waals surface area contributed by atoms with Gasteiger partial charge in [-0.25, -0.2) is 4.98 Å². The van der Waals surface area contributed by atoms with E-state index in [-0.39, 0.29) is 18.0 Å². The van der Waals surface area contributed by atoms with Gasteiger partial charge in [-0.15, -0.1) is 5.10 Å². The lowest BCUT2D eigenvalue weighted by molar-refractivity contribution is -0.119. The Kier molecular flexibility index (Phi) is 7.40. The summed E-state index contributed by atoms with van der Waals surface area (Å²) in [7, 11) is 1.78. The summed E-state index contributed by atoms with van der Waals surface area (Å²) in [4.78, 5) is 31.3. The van der Waals surface area contributed by atoms with Crippen molar-refractivity contribution in [3.05, 3.63) is 51.9 Å². The van der Waals surface area contributed by atoms with Crippen LogP contribution in [-0.2, 0) is 17.6 Å². The fourth-order valence-electron chi connectivity index (χ4n) is 2.99. The van der Waals surface area contributed by atoms with E-state index in [0.29, 0.717) is 23.2 Å². The number of likely N-dealkylation sites (N-methyl/N-ethyl adjacent to an activating group) is 1. The van der Waals surface area contributed by atoms with Gasteiger partial charge in [-0.1, -0.05) is 36.8 Å². The van der Waals surface area contributed by atoms with Gasteiger partial charge in [0, 0.05) is 25.4 Å². The molecule has 160 valence electrons. The van der Waals surface area contributed by atoms with E-state index in [1.807, 2.05) is 38.1 Å². The van der Waals surface area contributed by atoms with E-state index in [0.717, 1.165) is 36.3 Å². The van der Waals surface area contributed by atoms with Crippen molar-refractivity contribution < 1.29 is 9.53 Å². The van der Waals surface area contributed by atoms with Gasteiger partial charge in [0.25, 0.3) is 5.56 Å². The standard InChI is InChI=1S/C21H27N5O3S/c1-4-6-16-13-19(28)26-20(23-16)30-21(24-26)25(3)14-18(27)22-12-11-15-7-9-17(10-8-15)29-5-2/h7-10,13H,4-6,11-12,14H2,1-3H3,(H,22,27). The minimum Gasteiger partial charge on any atom is -0.494 e. The van der Waals surface area contributed by atoms with Crippen molar-refractivity contribution >= 4 is 27.3 Å². The third kappa shape index (κ3) is 5.56. The molecule has 0 saturated carbocycles. The van der Waals surface area contributed by atoms with Crippen molar-refractivity contribution in [2.75, 3.05) is 31.6 Å². The summed E-state index contributed by atoms with van der Waals surface area (Å²) in [6, 6.07) is 9.39. The summed E-state index contributed by atoms with van der Waals surface area (Å²) in [6.45, 7) is 5.33. The molecule has 8 nitrogen and oxygen atoms in total. The third-order valence-corrected chi connectivity index (χ3v) is 5.49. The predicted molar refractivity (Wildman–Crippen MR) is 119 cm³/mol. The van der Waals surface area contributed by atoms with Gasteiger partial charge < -0.3 is 15.0 Å². The van der Waals surface area contributed by atoms with E-state index in [2.05, 4.69) is 15.4 Å². The lowest BCUT2D eigenvalue weighted by Crippen LogP contribution is -2.36. The van der Waals surface area contributed by atoms with Gasteiger partial charge >= 0.3 is 0 Å². The van der Waals surface area contributed by atoms with Crippen LogP contribution in [0.4, 0.5) is 5.13 Å². The van der Waals surface area contributed by atoms with Crippen LogP contribution in [0.15, 0.2) is 35.1 Å². The summed E-state index contributed by atoms with van der Waals surface area (Å²) in [5.41, 5.74) is 1.71. The van der Waals surface area contributed by atoms with Gasteiger partial charge in [0.15, 0.2) is 0 Å². The van der Waals surface area contributed by atoms with Crippen molar-refractivity contribution in [3.63, 3.8) is 0 Å². The highest BCUT2D eigenvalue weighted by molar-refractivity contribution is 7.20. The number of fused-ring (bicyclic) bond motifs is 1. The van der Waals surface area contributed by atoms with Crippen LogP contribution in [0.1, 0.15) is 31.5 Å². The number of ether oxygens (including phenoxy) is 1. The molecule has 0 radical (unpaired) electrons. The first-order valence-corrected chi connectivity index (χ1v) is 10.9. The van der Waals surface area contributed by atoms with Gasteiger partial charge in [0.1, 0.15) is 5.75 Å². The Morgan fingerprint density at radius 1 is 1.23 bits per heavy atom. The number of nitrogens with one attached hydrogen (secondary N) is 1. The zero-order chi connectivity index (χ0) is 21.5. The largest absolute Gasteiger partial charge is 0.494 e. The minimum absolute atomic E-state index is 0.102. The van der Waals surface area contributed by atoms with Gasteiger partial charge in [-0.2, -0.15) is 4.52 Å². The van der Waals surface area contributed by atoms with Crippen molar-refractivity contribution in [3.8, 4) is 5.75 Å². The number of amides is 1. The average Bonchev–Trinajstić information content (AvgIpc) is 3.15. The highest BCUT2D eigenvalue weighted by Gasteiger charge is 2.14. The molecule has 1 amide bonds. The first-order valence-electron chi connectivity index (χ1n) is 10.1. The normalized spacial score (nSPS) is 10.9. The second-order valence-corrected chi connectivity index (χ2v) is 7.88. The fraction of sp³-hybridized carbons (Fsp3) is 0.429. The van der Waals surface area contributed by atoms with Crippen molar-refractivity contribution in [1.29, 1.82) is 0 Å².